The maximum absolute atomic E-state index is 11.2. The maximum Gasteiger partial charge on any atom is 0.308 e. The molecule has 0 bridgehead atoms. The van der Waals surface area contributed by atoms with Gasteiger partial charge in [0.2, 0.25) is 0 Å². The van der Waals surface area contributed by atoms with Gasteiger partial charge in [-0.3, -0.25) is 4.79 Å². The van der Waals surface area contributed by atoms with Crippen molar-refractivity contribution in [3.63, 3.8) is 0 Å². The van der Waals surface area contributed by atoms with Crippen LogP contribution in [0, 0.1) is 25.7 Å². The lowest BCUT2D eigenvalue weighted by molar-refractivity contribution is -0.136. The van der Waals surface area contributed by atoms with Gasteiger partial charge in [-0.1, -0.05) is 65.6 Å². The van der Waals surface area contributed by atoms with Gasteiger partial charge in [-0.25, -0.2) is 0 Å². The molecule has 0 heterocycles. The topological polar surface area (TPSA) is 26.3 Å². The number of hydrogen-bond donors (Lipinski definition) is 0. The van der Waals surface area contributed by atoms with E-state index in [1.807, 2.05) is 74.5 Å². The van der Waals surface area contributed by atoms with Crippen LogP contribution < -0.4 is 0 Å². The zero-order valence-electron chi connectivity index (χ0n) is 14.2. The van der Waals surface area contributed by atoms with E-state index in [9.17, 15) is 4.79 Å². The smallest absolute Gasteiger partial charge is 0.308 e. The number of rotatable bonds is 3. The van der Waals surface area contributed by atoms with E-state index in [1.54, 1.807) is 6.08 Å². The van der Waals surface area contributed by atoms with Crippen LogP contribution in [0.15, 0.2) is 66.4 Å². The highest BCUT2D eigenvalue weighted by Crippen LogP contribution is 2.07. The van der Waals surface area contributed by atoms with Crippen molar-refractivity contribution in [1.82, 2.24) is 0 Å². The van der Waals surface area contributed by atoms with Crippen LogP contribution in [-0.4, -0.2) is 5.97 Å². The minimum absolute atomic E-state index is 0.325. The molecular formula is C22H20O2. The minimum atomic E-state index is -0.386. The van der Waals surface area contributed by atoms with Crippen molar-refractivity contribution < 1.29 is 9.53 Å². The Morgan fingerprint density at radius 1 is 0.958 bits per heavy atom. The van der Waals surface area contributed by atoms with Crippen molar-refractivity contribution in [3.05, 3.63) is 88.7 Å². The molecule has 0 atom stereocenters. The number of benzene rings is 2. The second-order valence-corrected chi connectivity index (χ2v) is 5.51. The summed E-state index contributed by atoms with van der Waals surface area (Å²) in [7, 11) is 0. The van der Waals surface area contributed by atoms with Crippen LogP contribution in [-0.2, 0) is 9.53 Å². The van der Waals surface area contributed by atoms with Gasteiger partial charge in [0.25, 0.3) is 0 Å². The van der Waals surface area contributed by atoms with Crippen molar-refractivity contribution in [3.8, 4) is 11.8 Å². The standard InChI is InChI=1S/C22H20O2/c1-17-7-11-20(12-8-17)5-4-6-22(24-19(3)23)16-15-21-13-9-18(2)10-14-21/h4-14H,1-3H3/b5-4+,22-6-. The Hall–Kier alpha value is -3.05. The summed E-state index contributed by atoms with van der Waals surface area (Å²) in [6.07, 6.45) is 5.46. The van der Waals surface area contributed by atoms with Gasteiger partial charge in [-0.05, 0) is 43.5 Å². The third kappa shape index (κ3) is 5.98. The third-order valence-corrected chi connectivity index (χ3v) is 3.25. The van der Waals surface area contributed by atoms with Crippen LogP contribution in [0.3, 0.4) is 0 Å². The quantitative estimate of drug-likeness (QED) is 0.351. The molecule has 2 aromatic rings. The second-order valence-electron chi connectivity index (χ2n) is 5.51. The molecule has 0 unspecified atom stereocenters. The van der Waals surface area contributed by atoms with E-state index in [1.165, 1.54) is 18.1 Å². The number of carbonyl (C=O) groups excluding carboxylic acids is 1. The number of hydrogen-bond acceptors (Lipinski definition) is 2. The number of ether oxygens (including phenoxy) is 1. The Bertz CT molecular complexity index is 811. The zero-order valence-corrected chi connectivity index (χ0v) is 14.2. The van der Waals surface area contributed by atoms with E-state index in [4.69, 9.17) is 4.74 Å². The van der Waals surface area contributed by atoms with E-state index in [0.29, 0.717) is 5.76 Å². The van der Waals surface area contributed by atoms with Crippen LogP contribution >= 0.6 is 0 Å². The minimum Gasteiger partial charge on any atom is -0.417 e. The van der Waals surface area contributed by atoms with Crippen LogP contribution in [0.5, 0.6) is 0 Å². The van der Waals surface area contributed by atoms with Gasteiger partial charge in [0, 0.05) is 12.5 Å². The molecule has 120 valence electrons. The molecule has 0 radical (unpaired) electrons. The molecule has 0 aliphatic heterocycles. The van der Waals surface area contributed by atoms with Crippen molar-refractivity contribution in [2.24, 2.45) is 0 Å². The largest absolute Gasteiger partial charge is 0.417 e. The Balaban J connectivity index is 2.16. The van der Waals surface area contributed by atoms with Gasteiger partial charge in [0.05, 0.1) is 0 Å². The fraction of sp³-hybridized carbons (Fsp3) is 0.136. The summed E-state index contributed by atoms with van der Waals surface area (Å²) in [5.41, 5.74) is 4.34. The van der Waals surface area contributed by atoms with Crippen molar-refractivity contribution in [1.29, 1.82) is 0 Å². The summed E-state index contributed by atoms with van der Waals surface area (Å²) in [5, 5.41) is 0. The predicted molar refractivity (Wildman–Crippen MR) is 98.1 cm³/mol. The first-order valence-electron chi connectivity index (χ1n) is 7.75. The van der Waals surface area contributed by atoms with Crippen LogP contribution in [0.1, 0.15) is 29.2 Å². The summed E-state index contributed by atoms with van der Waals surface area (Å²) in [6.45, 7) is 5.44. The van der Waals surface area contributed by atoms with Crippen molar-refractivity contribution in [2.75, 3.05) is 0 Å². The predicted octanol–water partition coefficient (Wildman–Crippen LogP) is 4.82. The maximum atomic E-state index is 11.2. The highest BCUT2D eigenvalue weighted by atomic mass is 16.5. The Labute approximate surface area is 143 Å². The summed E-state index contributed by atoms with van der Waals surface area (Å²) in [6, 6.07) is 16.0. The Kier molecular flexibility index (Phi) is 6.16. The first-order valence-corrected chi connectivity index (χ1v) is 7.75. The Morgan fingerprint density at radius 2 is 1.54 bits per heavy atom. The molecule has 2 heteroatoms. The molecule has 0 fully saturated rings. The highest BCUT2D eigenvalue weighted by Gasteiger charge is 1.97. The fourth-order valence-electron chi connectivity index (χ4n) is 1.95. The zero-order chi connectivity index (χ0) is 17.4. The van der Waals surface area contributed by atoms with Crippen LogP contribution in [0.4, 0.5) is 0 Å². The van der Waals surface area contributed by atoms with Gasteiger partial charge in [-0.15, -0.1) is 0 Å². The van der Waals surface area contributed by atoms with E-state index in [0.717, 1.165) is 11.1 Å². The molecule has 0 aromatic heterocycles. The lowest BCUT2D eigenvalue weighted by Crippen LogP contribution is -1.96. The summed E-state index contributed by atoms with van der Waals surface area (Å²) < 4.78 is 5.15. The first kappa shape index (κ1) is 17.3. The first-order chi connectivity index (χ1) is 11.5. The lowest BCUT2D eigenvalue weighted by atomic mass is 10.1. The molecule has 2 rings (SSSR count). The van der Waals surface area contributed by atoms with Crippen LogP contribution in [0.2, 0.25) is 0 Å². The molecule has 0 aliphatic carbocycles. The third-order valence-electron chi connectivity index (χ3n) is 3.25. The van der Waals surface area contributed by atoms with Gasteiger partial charge in [0.1, 0.15) is 0 Å². The molecule has 24 heavy (non-hydrogen) atoms. The summed E-state index contributed by atoms with van der Waals surface area (Å²) in [5.74, 6) is 5.84. The Morgan fingerprint density at radius 3 is 2.12 bits per heavy atom. The molecule has 0 saturated carbocycles. The second kappa shape index (κ2) is 8.55. The van der Waals surface area contributed by atoms with Crippen molar-refractivity contribution >= 4 is 12.0 Å². The van der Waals surface area contributed by atoms with E-state index in [-0.39, 0.29) is 5.97 Å². The van der Waals surface area contributed by atoms with E-state index < -0.39 is 0 Å². The van der Waals surface area contributed by atoms with Gasteiger partial charge < -0.3 is 4.74 Å². The van der Waals surface area contributed by atoms with E-state index >= 15 is 0 Å². The number of carbonyl (C=O) groups is 1. The van der Waals surface area contributed by atoms with Crippen molar-refractivity contribution in [2.45, 2.75) is 20.8 Å². The lowest BCUT2D eigenvalue weighted by Gasteiger charge is -1.98. The molecule has 0 aliphatic rings. The van der Waals surface area contributed by atoms with Crippen LogP contribution in [0.25, 0.3) is 6.08 Å². The van der Waals surface area contributed by atoms with Gasteiger partial charge in [-0.2, -0.15) is 0 Å². The molecule has 0 saturated heterocycles. The average molecular weight is 316 g/mol. The molecule has 2 aromatic carbocycles. The summed E-state index contributed by atoms with van der Waals surface area (Å²) >= 11 is 0. The number of esters is 1. The SMILES string of the molecule is CC(=O)O/C(C#Cc1ccc(C)cc1)=C\C=C\c1ccc(C)cc1. The normalized spacial score (nSPS) is 11.0. The van der Waals surface area contributed by atoms with Gasteiger partial charge >= 0.3 is 5.97 Å². The highest BCUT2D eigenvalue weighted by molar-refractivity contribution is 5.68. The van der Waals surface area contributed by atoms with E-state index in [2.05, 4.69) is 11.8 Å². The average Bonchev–Trinajstić information content (AvgIpc) is 2.55. The summed E-state index contributed by atoms with van der Waals surface area (Å²) in [4.78, 5) is 11.2. The fourth-order valence-corrected chi connectivity index (χ4v) is 1.95. The number of aryl methyl sites for hydroxylation is 2. The molecule has 0 N–H and O–H groups in total. The molecule has 0 amide bonds. The van der Waals surface area contributed by atoms with Gasteiger partial charge in [0.15, 0.2) is 5.76 Å². The monoisotopic (exact) mass is 316 g/mol. The molecular weight excluding hydrogens is 296 g/mol. The molecule has 0 spiro atoms. The molecule has 2 nitrogen and oxygen atoms in total. The number of allylic oxidation sites excluding steroid dienone is 3.